The van der Waals surface area contributed by atoms with Crippen LogP contribution in [-0.2, 0) is 4.74 Å². The molecule has 2 aliphatic heterocycles. The molecule has 2 fully saturated rings. The number of hydrogen-bond donors (Lipinski definition) is 2. The fourth-order valence-corrected chi connectivity index (χ4v) is 3.85. The number of alkyl carbamates (subject to hydrolysis) is 1. The average molecular weight is 396 g/mol. The number of nitrogens with one attached hydrogen (secondary N) is 2. The summed E-state index contributed by atoms with van der Waals surface area (Å²) in [6.45, 7) is 17.0. The number of carbonyl (C=O) groups is 1. The van der Waals surface area contributed by atoms with E-state index in [0.29, 0.717) is 5.92 Å². The summed E-state index contributed by atoms with van der Waals surface area (Å²) in [5.41, 5.74) is -0.469. The first kappa shape index (κ1) is 22.8. The lowest BCUT2D eigenvalue weighted by atomic mass is 10.1. The maximum absolute atomic E-state index is 12.0. The van der Waals surface area contributed by atoms with Gasteiger partial charge in [0.2, 0.25) is 0 Å². The highest BCUT2D eigenvalue weighted by atomic mass is 16.6. The van der Waals surface area contributed by atoms with Crippen molar-refractivity contribution in [3.8, 4) is 0 Å². The standard InChI is InChI=1S/C21H41N5O2/c1-6-22-19(23-14-17(2)15-25-11-8-7-9-12-25)26-13-10-18(16-26)24-20(27)28-21(3,4)5/h17-18H,6-16H2,1-5H3,(H,22,23)(H,24,27). The molecule has 1 amide bonds. The first-order valence-electron chi connectivity index (χ1n) is 11.0. The highest BCUT2D eigenvalue weighted by Gasteiger charge is 2.28. The normalized spacial score (nSPS) is 22.8. The summed E-state index contributed by atoms with van der Waals surface area (Å²) in [6, 6.07) is 0.101. The Morgan fingerprint density at radius 3 is 2.57 bits per heavy atom. The number of nitrogens with zero attached hydrogens (tertiary/aromatic N) is 3. The van der Waals surface area contributed by atoms with E-state index in [1.165, 1.54) is 32.4 Å². The Morgan fingerprint density at radius 1 is 1.21 bits per heavy atom. The molecule has 2 unspecified atom stereocenters. The summed E-state index contributed by atoms with van der Waals surface area (Å²) < 4.78 is 5.37. The van der Waals surface area contributed by atoms with Crippen LogP contribution in [0.5, 0.6) is 0 Å². The van der Waals surface area contributed by atoms with E-state index >= 15 is 0 Å². The maximum atomic E-state index is 12.0. The minimum atomic E-state index is -0.469. The van der Waals surface area contributed by atoms with E-state index in [1.54, 1.807) is 0 Å². The Balaban J connectivity index is 1.81. The number of rotatable bonds is 6. The molecule has 0 bridgehead atoms. The summed E-state index contributed by atoms with van der Waals surface area (Å²) in [6.07, 6.45) is 4.61. The van der Waals surface area contributed by atoms with Crippen molar-refractivity contribution in [3.05, 3.63) is 0 Å². The van der Waals surface area contributed by atoms with E-state index in [9.17, 15) is 4.79 Å². The lowest BCUT2D eigenvalue weighted by molar-refractivity contribution is 0.0507. The monoisotopic (exact) mass is 395 g/mol. The summed E-state index contributed by atoms with van der Waals surface area (Å²) in [4.78, 5) is 21.7. The van der Waals surface area contributed by atoms with Crippen LogP contribution in [0.3, 0.4) is 0 Å². The van der Waals surface area contributed by atoms with Gasteiger partial charge in [0.15, 0.2) is 5.96 Å². The van der Waals surface area contributed by atoms with Crippen molar-refractivity contribution in [3.63, 3.8) is 0 Å². The minimum Gasteiger partial charge on any atom is -0.444 e. The number of guanidine groups is 1. The third-order valence-corrected chi connectivity index (χ3v) is 5.11. The molecule has 2 rings (SSSR count). The van der Waals surface area contributed by atoms with Gasteiger partial charge in [-0.3, -0.25) is 4.99 Å². The number of likely N-dealkylation sites (tertiary alicyclic amines) is 2. The average Bonchev–Trinajstić information content (AvgIpc) is 3.06. The molecule has 7 nitrogen and oxygen atoms in total. The van der Waals surface area contributed by atoms with Crippen molar-refractivity contribution >= 4 is 12.1 Å². The third-order valence-electron chi connectivity index (χ3n) is 5.11. The summed E-state index contributed by atoms with van der Waals surface area (Å²) in [5, 5.41) is 6.40. The summed E-state index contributed by atoms with van der Waals surface area (Å²) in [5.74, 6) is 1.51. The van der Waals surface area contributed by atoms with Crippen LogP contribution < -0.4 is 10.6 Å². The van der Waals surface area contributed by atoms with E-state index in [0.717, 1.165) is 45.1 Å². The van der Waals surface area contributed by atoms with Crippen molar-refractivity contribution in [1.29, 1.82) is 0 Å². The van der Waals surface area contributed by atoms with Gasteiger partial charge in [-0.15, -0.1) is 0 Å². The van der Waals surface area contributed by atoms with E-state index in [1.807, 2.05) is 20.8 Å². The second-order valence-electron chi connectivity index (χ2n) is 9.24. The molecule has 0 aromatic carbocycles. The van der Waals surface area contributed by atoms with E-state index in [4.69, 9.17) is 9.73 Å². The van der Waals surface area contributed by atoms with Crippen molar-refractivity contribution in [1.82, 2.24) is 20.4 Å². The SMILES string of the molecule is CCNC(=NCC(C)CN1CCCCC1)N1CCC(NC(=O)OC(C)(C)C)C1. The second kappa shape index (κ2) is 10.9. The molecular formula is C21H41N5O2. The molecule has 162 valence electrons. The van der Waals surface area contributed by atoms with Crippen LogP contribution in [0.1, 0.15) is 60.3 Å². The summed E-state index contributed by atoms with van der Waals surface area (Å²) >= 11 is 0. The van der Waals surface area contributed by atoms with E-state index < -0.39 is 5.60 Å². The molecule has 7 heteroatoms. The van der Waals surface area contributed by atoms with E-state index in [2.05, 4.69) is 34.3 Å². The molecule has 0 aromatic heterocycles. The van der Waals surface area contributed by atoms with Crippen LogP contribution in [-0.4, -0.2) is 79.3 Å². The molecule has 0 radical (unpaired) electrons. The third kappa shape index (κ3) is 8.25. The molecule has 28 heavy (non-hydrogen) atoms. The van der Waals surface area contributed by atoms with Crippen LogP contribution in [0.2, 0.25) is 0 Å². The minimum absolute atomic E-state index is 0.101. The van der Waals surface area contributed by atoms with Crippen molar-refractivity contribution in [2.45, 2.75) is 71.9 Å². The van der Waals surface area contributed by atoms with Crippen LogP contribution >= 0.6 is 0 Å². The van der Waals surface area contributed by atoms with Crippen LogP contribution in [0, 0.1) is 5.92 Å². The van der Waals surface area contributed by atoms with Gasteiger partial charge >= 0.3 is 6.09 Å². The maximum Gasteiger partial charge on any atom is 0.407 e. The lowest BCUT2D eigenvalue weighted by Gasteiger charge is -2.29. The smallest absolute Gasteiger partial charge is 0.407 e. The Labute approximate surface area is 171 Å². The molecule has 2 aliphatic rings. The van der Waals surface area contributed by atoms with Crippen LogP contribution in [0.25, 0.3) is 0 Å². The Bertz CT molecular complexity index is 511. The first-order valence-corrected chi connectivity index (χ1v) is 11.0. The van der Waals surface area contributed by atoms with Gasteiger partial charge in [-0.25, -0.2) is 4.79 Å². The van der Waals surface area contributed by atoms with Crippen LogP contribution in [0.15, 0.2) is 4.99 Å². The number of ether oxygens (including phenoxy) is 1. The highest BCUT2D eigenvalue weighted by Crippen LogP contribution is 2.14. The molecular weight excluding hydrogens is 354 g/mol. The highest BCUT2D eigenvalue weighted by molar-refractivity contribution is 5.80. The predicted molar refractivity (Wildman–Crippen MR) is 115 cm³/mol. The van der Waals surface area contributed by atoms with Gasteiger partial charge in [-0.2, -0.15) is 0 Å². The van der Waals surface area contributed by atoms with Gasteiger partial charge in [-0.05, 0) is 66.0 Å². The zero-order valence-electron chi connectivity index (χ0n) is 18.6. The number of aliphatic imine (C=N–C) groups is 1. The molecule has 2 atom stereocenters. The van der Waals surface area contributed by atoms with Gasteiger partial charge in [0, 0.05) is 32.7 Å². The molecule has 0 aliphatic carbocycles. The number of carbonyl (C=O) groups excluding carboxylic acids is 1. The Morgan fingerprint density at radius 2 is 1.93 bits per heavy atom. The predicted octanol–water partition coefficient (Wildman–Crippen LogP) is 2.67. The zero-order chi connectivity index (χ0) is 20.6. The van der Waals surface area contributed by atoms with Gasteiger partial charge in [0.1, 0.15) is 5.60 Å². The fourth-order valence-electron chi connectivity index (χ4n) is 3.85. The summed E-state index contributed by atoms with van der Waals surface area (Å²) in [7, 11) is 0. The van der Waals surface area contributed by atoms with Gasteiger partial charge in [0.25, 0.3) is 0 Å². The number of hydrogen-bond acceptors (Lipinski definition) is 4. The number of amides is 1. The van der Waals surface area contributed by atoms with Crippen molar-refractivity contribution in [2.24, 2.45) is 10.9 Å². The molecule has 2 heterocycles. The van der Waals surface area contributed by atoms with Gasteiger partial charge in [0.05, 0.1) is 6.04 Å². The molecule has 0 aromatic rings. The second-order valence-corrected chi connectivity index (χ2v) is 9.24. The fraction of sp³-hybridized carbons (Fsp3) is 0.905. The topological polar surface area (TPSA) is 69.2 Å². The Kier molecular flexibility index (Phi) is 8.86. The van der Waals surface area contributed by atoms with Gasteiger partial charge in [-0.1, -0.05) is 13.3 Å². The number of piperidine rings is 1. The molecule has 0 saturated carbocycles. The van der Waals surface area contributed by atoms with Gasteiger partial charge < -0.3 is 25.2 Å². The van der Waals surface area contributed by atoms with Crippen LogP contribution in [0.4, 0.5) is 4.79 Å². The molecule has 2 N–H and O–H groups in total. The van der Waals surface area contributed by atoms with E-state index in [-0.39, 0.29) is 12.1 Å². The van der Waals surface area contributed by atoms with Crippen molar-refractivity contribution in [2.75, 3.05) is 45.8 Å². The first-order chi connectivity index (χ1) is 13.3. The zero-order valence-corrected chi connectivity index (χ0v) is 18.6. The largest absolute Gasteiger partial charge is 0.444 e. The quantitative estimate of drug-likeness (QED) is 0.535. The molecule has 2 saturated heterocycles. The van der Waals surface area contributed by atoms with Crippen molar-refractivity contribution < 1.29 is 9.53 Å². The lowest BCUT2D eigenvalue weighted by Crippen LogP contribution is -2.44. The Hall–Kier alpha value is -1.50. The molecule has 0 spiro atoms.